The van der Waals surface area contributed by atoms with Crippen LogP contribution in [0.3, 0.4) is 0 Å². The Bertz CT molecular complexity index is 3720. The van der Waals surface area contributed by atoms with Gasteiger partial charge in [0.05, 0.1) is 52.3 Å². The first-order valence-electron chi connectivity index (χ1n) is 29.8. The summed E-state index contributed by atoms with van der Waals surface area (Å²) in [6, 6.07) is 23.5. The molecule has 464 valence electrons. The first kappa shape index (κ1) is 63.3. The molecule has 0 radical (unpaired) electrons. The summed E-state index contributed by atoms with van der Waals surface area (Å²) in [5.41, 5.74) is 12.9. The summed E-state index contributed by atoms with van der Waals surface area (Å²) in [4.78, 5) is 139. The zero-order chi connectivity index (χ0) is 62.9. The van der Waals surface area contributed by atoms with Gasteiger partial charge >= 0.3 is 7.60 Å². The highest BCUT2D eigenvalue weighted by molar-refractivity contribution is 7.70. The fourth-order valence-electron chi connectivity index (χ4n) is 12.6. The van der Waals surface area contributed by atoms with Crippen molar-refractivity contribution in [3.05, 3.63) is 141 Å². The second kappa shape index (κ2) is 26.2. The van der Waals surface area contributed by atoms with E-state index < -0.39 is 84.3 Å². The largest absolute Gasteiger partial charge is 0.396 e. The SMILES string of the molecule is Cc1ncsc1-c1ccc(CNC(=O)[C@@H]2C[C@@H](O)CN2C(=O)[C@@H](NC(=O)C2CC(Cc3ccc(CO[C@H](C)[C@H](CCC(N)=O)NC(=O)[C@@H]4Cc5cccc6c5N4C(=O)[C@@H](CC(=O)c4cc5cc(C(=O)P(=O)(O)O)ccc5[nH]4)CC6)cc3)C2)C(C)(C)C)cc1. The molecule has 9 N–H and O–H groups in total. The molecule has 0 spiro atoms. The molecule has 4 aromatic carbocycles. The van der Waals surface area contributed by atoms with Gasteiger partial charge in [0.1, 0.15) is 18.1 Å². The lowest BCUT2D eigenvalue weighted by molar-refractivity contribution is -0.145. The maximum Gasteiger partial charge on any atom is 0.396 e. The van der Waals surface area contributed by atoms with Crippen molar-refractivity contribution >= 4 is 82.3 Å². The van der Waals surface area contributed by atoms with Crippen molar-refractivity contribution in [3.63, 3.8) is 0 Å². The number of para-hydroxylation sites is 1. The van der Waals surface area contributed by atoms with Gasteiger partial charge in [-0.1, -0.05) is 87.5 Å². The standard InChI is InChI=1S/C65H75N8O13PS/c1-35-57(88-34-68-35)42-15-13-38(14-16-42)31-67-60(78)52-30-48(74)32-72(52)63(81)58(65(3,4)5)71-59(77)47-24-40(25-47)23-37-9-11-39(12-10-37)33-86-36(2)49(21-22-55(66)76)70-61(79)53-28-43-8-6-7-41-17-18-44(62(80)73(53)56(41)43)29-54(75)51-27-46-26-45(19-20-50(46)69-51)64(82)87(83,84)85/h6-16,19-20,26-27,34,36,40,44,47-49,52-53,58,69,74H,17-18,21-25,28-33H2,1-5H3,(H2,66,76)(H,67,78)(H,70,79)(H,71,77)(H2,83,84,85)/t36-,40?,44-,47?,48-,49+,52+,53+,58-/m1/s1. The van der Waals surface area contributed by atoms with Gasteiger partial charge in [-0.15, -0.1) is 11.3 Å². The number of ether oxygens (including phenoxy) is 1. The van der Waals surface area contributed by atoms with Crippen molar-refractivity contribution < 1.29 is 62.6 Å². The number of ketones is 1. The topological polar surface area (TPSA) is 321 Å². The summed E-state index contributed by atoms with van der Waals surface area (Å²) < 4.78 is 18.0. The number of primary amides is 1. The Morgan fingerprint density at radius 3 is 2.26 bits per heavy atom. The highest BCUT2D eigenvalue weighted by Crippen LogP contribution is 2.43. The zero-order valence-electron chi connectivity index (χ0n) is 49.8. The van der Waals surface area contributed by atoms with Gasteiger partial charge in [0.2, 0.25) is 35.4 Å². The Kier molecular flexibility index (Phi) is 18.8. The molecule has 10 rings (SSSR count). The number of aliphatic hydroxyl groups is 1. The maximum atomic E-state index is 14.6. The van der Waals surface area contributed by atoms with Gasteiger partial charge in [0.15, 0.2) is 5.78 Å². The second-order valence-corrected chi connectivity index (χ2v) is 27.5. The number of carbonyl (C=O) groups is 8. The van der Waals surface area contributed by atoms with Crippen LogP contribution in [0.4, 0.5) is 5.69 Å². The van der Waals surface area contributed by atoms with E-state index in [0.29, 0.717) is 42.3 Å². The van der Waals surface area contributed by atoms with Crippen LogP contribution in [0.15, 0.2) is 96.5 Å². The minimum Gasteiger partial charge on any atom is -0.391 e. The molecular formula is C65H75N8O13PS. The highest BCUT2D eigenvalue weighted by atomic mass is 32.1. The molecule has 21 nitrogen and oxygen atoms in total. The van der Waals surface area contributed by atoms with Crippen molar-refractivity contribution in [2.24, 2.45) is 28.9 Å². The molecular weight excluding hydrogens is 1160 g/mol. The van der Waals surface area contributed by atoms with Crippen LogP contribution in [0.2, 0.25) is 0 Å². The van der Waals surface area contributed by atoms with Crippen LogP contribution in [0.1, 0.15) is 127 Å². The summed E-state index contributed by atoms with van der Waals surface area (Å²) in [7, 11) is -5.04. The molecule has 2 aromatic heterocycles. The van der Waals surface area contributed by atoms with E-state index in [-0.39, 0.29) is 92.6 Å². The molecule has 7 atom stereocenters. The summed E-state index contributed by atoms with van der Waals surface area (Å²) in [6.07, 6.45) is 1.52. The number of hydrogen-bond donors (Lipinski definition) is 8. The van der Waals surface area contributed by atoms with E-state index >= 15 is 0 Å². The van der Waals surface area contributed by atoms with E-state index in [1.54, 1.807) is 23.8 Å². The third-order valence-electron chi connectivity index (χ3n) is 17.6. The number of H-pyrrole nitrogens is 1. The smallest absolute Gasteiger partial charge is 0.391 e. The number of nitrogens with two attached hydrogens (primary N) is 1. The van der Waals surface area contributed by atoms with Gasteiger partial charge in [-0.2, -0.15) is 0 Å². The predicted molar refractivity (Wildman–Crippen MR) is 329 cm³/mol. The molecule has 6 aromatic rings. The van der Waals surface area contributed by atoms with Crippen molar-refractivity contribution in [1.29, 1.82) is 0 Å². The van der Waals surface area contributed by atoms with Crippen LogP contribution in [-0.4, -0.2) is 119 Å². The Labute approximate surface area is 513 Å². The van der Waals surface area contributed by atoms with Crippen LogP contribution in [0, 0.1) is 30.1 Å². The molecule has 88 heavy (non-hydrogen) atoms. The number of aromatic amines is 1. The molecule has 1 aliphatic carbocycles. The number of thiazole rings is 1. The average molecular weight is 1240 g/mol. The average Bonchev–Trinajstić information content (AvgIpc) is 1.71. The first-order valence-corrected chi connectivity index (χ1v) is 32.3. The lowest BCUT2D eigenvalue weighted by Gasteiger charge is -2.39. The van der Waals surface area contributed by atoms with Gasteiger partial charge in [-0.25, -0.2) is 4.98 Å². The third-order valence-corrected chi connectivity index (χ3v) is 19.4. The summed E-state index contributed by atoms with van der Waals surface area (Å²) in [5.74, 6) is -3.69. The number of carbonyl (C=O) groups excluding carboxylic acids is 8. The van der Waals surface area contributed by atoms with Crippen LogP contribution in [0.25, 0.3) is 21.3 Å². The molecule has 1 saturated heterocycles. The van der Waals surface area contributed by atoms with Crippen molar-refractivity contribution in [1.82, 2.24) is 30.8 Å². The van der Waals surface area contributed by atoms with Crippen LogP contribution >= 0.6 is 18.9 Å². The van der Waals surface area contributed by atoms with Crippen molar-refractivity contribution in [3.8, 4) is 10.4 Å². The van der Waals surface area contributed by atoms with Gasteiger partial charge in [0, 0.05) is 67.1 Å². The van der Waals surface area contributed by atoms with Crippen LogP contribution in [-0.2, 0) is 70.5 Å². The number of β-amino-alcohol motifs (C(OH)–C–C–N with tert-alkyl or cyclic N) is 1. The van der Waals surface area contributed by atoms with E-state index in [1.807, 2.05) is 94.4 Å². The Morgan fingerprint density at radius 2 is 1.58 bits per heavy atom. The molecule has 6 amide bonds. The molecule has 1 saturated carbocycles. The van der Waals surface area contributed by atoms with Crippen molar-refractivity contribution in [2.45, 2.75) is 148 Å². The first-order chi connectivity index (χ1) is 41.8. The lowest BCUT2D eigenvalue weighted by Crippen LogP contribution is -2.59. The number of fused-ring (bicyclic) bond motifs is 1. The quantitative estimate of drug-likeness (QED) is 0.0243. The van der Waals surface area contributed by atoms with E-state index in [1.165, 1.54) is 34.1 Å². The zero-order valence-corrected chi connectivity index (χ0v) is 51.5. The fourth-order valence-corrected chi connectivity index (χ4v) is 13.9. The number of aliphatic hydroxyl groups excluding tert-OH is 1. The summed E-state index contributed by atoms with van der Waals surface area (Å²) in [5, 5.41) is 20.2. The fraction of sp³-hybridized carbons (Fsp3) is 0.431. The molecule has 0 unspecified atom stereocenters. The third kappa shape index (κ3) is 14.2. The van der Waals surface area contributed by atoms with Gasteiger partial charge in [-0.05, 0) is 121 Å². The highest BCUT2D eigenvalue weighted by Gasteiger charge is 2.47. The number of amides is 6. The molecule has 0 bridgehead atoms. The lowest BCUT2D eigenvalue weighted by atomic mass is 9.71. The number of hydrogen-bond acceptors (Lipinski definition) is 13. The van der Waals surface area contributed by atoms with Crippen LogP contribution < -0.4 is 26.6 Å². The Balaban J connectivity index is 0.707. The molecule has 3 aliphatic heterocycles. The minimum atomic E-state index is -5.04. The minimum absolute atomic E-state index is 0.0216. The number of likely N-dealkylation sites (tertiary alicyclic amines) is 1. The van der Waals surface area contributed by atoms with E-state index in [4.69, 9.17) is 10.5 Å². The Hall–Kier alpha value is -7.72. The molecule has 23 heteroatoms. The van der Waals surface area contributed by atoms with Gasteiger partial charge in [-0.3, -0.25) is 47.8 Å². The molecule has 5 heterocycles. The van der Waals surface area contributed by atoms with Gasteiger partial charge < -0.3 is 51.2 Å². The summed E-state index contributed by atoms with van der Waals surface area (Å²) >= 11 is 1.56. The number of nitrogens with zero attached hydrogens (tertiary/aromatic N) is 3. The molecule has 4 aliphatic rings. The summed E-state index contributed by atoms with van der Waals surface area (Å²) in [6.45, 7) is 9.75. The number of nitrogens with one attached hydrogen (secondary N) is 4. The van der Waals surface area contributed by atoms with Crippen molar-refractivity contribution in [2.75, 3.05) is 11.4 Å². The number of rotatable bonds is 23. The van der Waals surface area contributed by atoms with E-state index in [0.717, 1.165) is 50.4 Å². The predicted octanol–water partition coefficient (Wildman–Crippen LogP) is 6.74. The second-order valence-electron chi connectivity index (χ2n) is 25.1. The van der Waals surface area contributed by atoms with E-state index in [9.17, 15) is 57.8 Å². The van der Waals surface area contributed by atoms with E-state index in [2.05, 4.69) is 25.9 Å². The Morgan fingerprint density at radius 1 is 0.875 bits per heavy atom. The normalized spacial score (nSPS) is 21.0. The van der Waals surface area contributed by atoms with Gasteiger partial charge in [0.25, 0.3) is 5.52 Å². The molecule has 2 fully saturated rings. The maximum absolute atomic E-state index is 14.6. The van der Waals surface area contributed by atoms with Crippen LogP contribution in [0.5, 0.6) is 0 Å². The number of benzene rings is 4. The number of aromatic nitrogens is 2. The number of Topliss-reactive ketones (excluding diaryl/α,β-unsaturated/α-hetero) is 1. The monoisotopic (exact) mass is 1240 g/mol. The number of anilines is 1. The number of aryl methyl sites for hydroxylation is 2.